The van der Waals surface area contributed by atoms with Crippen LogP contribution in [0, 0.1) is 0 Å². The van der Waals surface area contributed by atoms with Gasteiger partial charge in [0.1, 0.15) is 5.76 Å². The Morgan fingerprint density at radius 1 is 1.11 bits per heavy atom. The SMILES string of the molecule is O=CC1OC(c2ccccc2)=NC1=Cc1ccco1. The lowest BCUT2D eigenvalue weighted by Crippen LogP contribution is -2.13. The summed E-state index contributed by atoms with van der Waals surface area (Å²) in [4.78, 5) is 15.4. The topological polar surface area (TPSA) is 51.8 Å². The Balaban J connectivity index is 1.95. The van der Waals surface area contributed by atoms with Crippen LogP contribution >= 0.6 is 0 Å². The molecule has 94 valence electrons. The third-order valence-corrected chi connectivity index (χ3v) is 2.74. The van der Waals surface area contributed by atoms with Crippen molar-refractivity contribution >= 4 is 18.3 Å². The van der Waals surface area contributed by atoms with Gasteiger partial charge in [0, 0.05) is 11.6 Å². The third kappa shape index (κ3) is 2.33. The standard InChI is InChI=1S/C15H11NO3/c17-10-14-13(9-12-7-4-8-18-12)16-15(19-14)11-5-2-1-3-6-11/h1-10,14H. The Morgan fingerprint density at radius 2 is 1.95 bits per heavy atom. The molecule has 0 amide bonds. The van der Waals surface area contributed by atoms with Gasteiger partial charge >= 0.3 is 0 Å². The molecule has 0 saturated carbocycles. The van der Waals surface area contributed by atoms with Gasteiger partial charge in [-0.3, -0.25) is 4.79 Å². The zero-order chi connectivity index (χ0) is 13.1. The zero-order valence-corrected chi connectivity index (χ0v) is 10.0. The first-order valence-electron chi connectivity index (χ1n) is 5.88. The lowest BCUT2D eigenvalue weighted by molar-refractivity contribution is -0.112. The van der Waals surface area contributed by atoms with Crippen LogP contribution in [0.1, 0.15) is 11.3 Å². The first-order valence-corrected chi connectivity index (χ1v) is 5.88. The average molecular weight is 253 g/mol. The summed E-state index contributed by atoms with van der Waals surface area (Å²) in [5.74, 6) is 1.10. The molecule has 4 heteroatoms. The molecule has 1 aliphatic rings. The summed E-state index contributed by atoms with van der Waals surface area (Å²) in [7, 11) is 0. The largest absolute Gasteiger partial charge is 0.465 e. The van der Waals surface area contributed by atoms with Crippen LogP contribution in [0.5, 0.6) is 0 Å². The molecule has 19 heavy (non-hydrogen) atoms. The number of nitrogens with zero attached hydrogens (tertiary/aromatic N) is 1. The number of benzene rings is 1. The molecule has 0 aliphatic carbocycles. The van der Waals surface area contributed by atoms with Gasteiger partial charge < -0.3 is 9.15 Å². The van der Waals surface area contributed by atoms with Gasteiger partial charge in [-0.25, -0.2) is 4.99 Å². The van der Waals surface area contributed by atoms with Crippen molar-refractivity contribution < 1.29 is 13.9 Å². The number of carbonyl (C=O) groups excluding carboxylic acids is 1. The lowest BCUT2D eigenvalue weighted by Gasteiger charge is -2.04. The number of furan rings is 1. The van der Waals surface area contributed by atoms with E-state index < -0.39 is 6.10 Å². The highest BCUT2D eigenvalue weighted by molar-refractivity contribution is 5.98. The summed E-state index contributed by atoms with van der Waals surface area (Å²) in [6.07, 6.45) is 3.32. The van der Waals surface area contributed by atoms with Crippen LogP contribution in [-0.4, -0.2) is 18.3 Å². The van der Waals surface area contributed by atoms with Gasteiger partial charge in [0.05, 0.1) is 12.0 Å². The highest BCUT2D eigenvalue weighted by Gasteiger charge is 2.25. The summed E-state index contributed by atoms with van der Waals surface area (Å²) in [6, 6.07) is 13.0. The summed E-state index contributed by atoms with van der Waals surface area (Å²) < 4.78 is 10.7. The Morgan fingerprint density at radius 3 is 2.63 bits per heavy atom. The van der Waals surface area contributed by atoms with Crippen LogP contribution in [0.4, 0.5) is 0 Å². The number of aliphatic imine (C=N–C) groups is 1. The van der Waals surface area contributed by atoms with Crippen molar-refractivity contribution in [1.29, 1.82) is 0 Å². The van der Waals surface area contributed by atoms with Crippen molar-refractivity contribution in [3.05, 3.63) is 65.7 Å². The minimum atomic E-state index is -0.680. The second-order valence-electron chi connectivity index (χ2n) is 4.04. The number of hydrogen-bond acceptors (Lipinski definition) is 4. The molecule has 1 aliphatic heterocycles. The zero-order valence-electron chi connectivity index (χ0n) is 10.0. The van der Waals surface area contributed by atoms with E-state index in [-0.39, 0.29) is 0 Å². The van der Waals surface area contributed by atoms with Crippen LogP contribution < -0.4 is 0 Å². The van der Waals surface area contributed by atoms with Crippen LogP contribution in [0.2, 0.25) is 0 Å². The minimum absolute atomic E-state index is 0.454. The maximum absolute atomic E-state index is 11.1. The second-order valence-corrected chi connectivity index (χ2v) is 4.04. The molecular weight excluding hydrogens is 242 g/mol. The maximum Gasteiger partial charge on any atom is 0.222 e. The van der Waals surface area contributed by atoms with Crippen LogP contribution in [-0.2, 0) is 9.53 Å². The van der Waals surface area contributed by atoms with Crippen molar-refractivity contribution in [2.75, 3.05) is 0 Å². The fourth-order valence-corrected chi connectivity index (χ4v) is 1.83. The third-order valence-electron chi connectivity index (χ3n) is 2.74. The molecule has 0 fully saturated rings. The van der Waals surface area contributed by atoms with E-state index in [1.54, 1.807) is 24.5 Å². The van der Waals surface area contributed by atoms with E-state index in [2.05, 4.69) is 4.99 Å². The smallest absolute Gasteiger partial charge is 0.222 e. The predicted octanol–water partition coefficient (Wildman–Crippen LogP) is 2.67. The molecule has 1 aromatic carbocycles. The Bertz CT molecular complexity index is 627. The molecule has 0 N–H and O–H groups in total. The fraction of sp³-hybridized carbons (Fsp3) is 0.0667. The van der Waals surface area contributed by atoms with E-state index in [0.29, 0.717) is 17.4 Å². The highest BCUT2D eigenvalue weighted by atomic mass is 16.5. The molecular formula is C15H11NO3. The number of ether oxygens (including phenoxy) is 1. The van der Waals surface area contributed by atoms with Crippen molar-refractivity contribution in [2.45, 2.75) is 6.10 Å². The van der Waals surface area contributed by atoms with E-state index in [1.807, 2.05) is 30.3 Å². The minimum Gasteiger partial charge on any atom is -0.465 e. The fourth-order valence-electron chi connectivity index (χ4n) is 1.83. The molecule has 0 saturated heterocycles. The summed E-state index contributed by atoms with van der Waals surface area (Å²) in [5, 5.41) is 0. The molecule has 0 spiro atoms. The van der Waals surface area contributed by atoms with Crippen molar-refractivity contribution in [2.24, 2.45) is 4.99 Å². The normalized spacial score (nSPS) is 20.1. The summed E-state index contributed by atoms with van der Waals surface area (Å²) in [6.45, 7) is 0. The summed E-state index contributed by atoms with van der Waals surface area (Å²) >= 11 is 0. The highest BCUT2D eigenvalue weighted by Crippen LogP contribution is 2.22. The molecule has 1 aromatic heterocycles. The van der Waals surface area contributed by atoms with E-state index in [0.717, 1.165) is 11.8 Å². The van der Waals surface area contributed by atoms with Gasteiger partial charge in [-0.15, -0.1) is 0 Å². The molecule has 3 rings (SSSR count). The molecule has 1 unspecified atom stereocenters. The molecule has 2 heterocycles. The Hall–Kier alpha value is -2.62. The number of carbonyl (C=O) groups is 1. The van der Waals surface area contributed by atoms with Crippen molar-refractivity contribution in [1.82, 2.24) is 0 Å². The van der Waals surface area contributed by atoms with Gasteiger partial charge in [0.2, 0.25) is 5.90 Å². The molecule has 0 bridgehead atoms. The van der Waals surface area contributed by atoms with E-state index in [4.69, 9.17) is 9.15 Å². The van der Waals surface area contributed by atoms with E-state index >= 15 is 0 Å². The Kier molecular flexibility index (Phi) is 2.98. The number of rotatable bonds is 3. The molecule has 2 aromatic rings. The quantitative estimate of drug-likeness (QED) is 0.790. The molecule has 1 atom stereocenters. The number of aldehydes is 1. The van der Waals surface area contributed by atoms with Crippen LogP contribution in [0.15, 0.2) is 63.8 Å². The van der Waals surface area contributed by atoms with Gasteiger partial charge in [-0.05, 0) is 24.3 Å². The van der Waals surface area contributed by atoms with Gasteiger partial charge in [0.15, 0.2) is 12.4 Å². The first kappa shape index (κ1) is 11.5. The molecule has 0 radical (unpaired) electrons. The van der Waals surface area contributed by atoms with E-state index in [9.17, 15) is 4.79 Å². The Labute approximate surface area is 110 Å². The first-order chi connectivity index (χ1) is 9.36. The van der Waals surface area contributed by atoms with Gasteiger partial charge in [0.25, 0.3) is 0 Å². The van der Waals surface area contributed by atoms with Gasteiger partial charge in [-0.1, -0.05) is 18.2 Å². The molecule has 4 nitrogen and oxygen atoms in total. The second kappa shape index (κ2) is 4.94. The van der Waals surface area contributed by atoms with Gasteiger partial charge in [-0.2, -0.15) is 0 Å². The van der Waals surface area contributed by atoms with Crippen molar-refractivity contribution in [3.8, 4) is 0 Å². The van der Waals surface area contributed by atoms with Crippen LogP contribution in [0.3, 0.4) is 0 Å². The maximum atomic E-state index is 11.1. The monoisotopic (exact) mass is 253 g/mol. The lowest BCUT2D eigenvalue weighted by atomic mass is 10.2. The van der Waals surface area contributed by atoms with Crippen LogP contribution in [0.25, 0.3) is 6.08 Å². The van der Waals surface area contributed by atoms with E-state index in [1.165, 1.54) is 0 Å². The van der Waals surface area contributed by atoms with Crippen molar-refractivity contribution in [3.63, 3.8) is 0 Å². The average Bonchev–Trinajstić information content (AvgIpc) is 3.10. The summed E-state index contributed by atoms with van der Waals surface area (Å²) in [5.41, 5.74) is 1.39. The predicted molar refractivity (Wildman–Crippen MR) is 70.6 cm³/mol. The number of hydrogen-bond donors (Lipinski definition) is 0.